The Balaban J connectivity index is 2.18. The van der Waals surface area contributed by atoms with Crippen LogP contribution in [0.25, 0.3) is 0 Å². The summed E-state index contributed by atoms with van der Waals surface area (Å²) in [5.74, 6) is 1.63. The molecule has 0 saturated carbocycles. The minimum atomic E-state index is 0.220. The van der Waals surface area contributed by atoms with E-state index in [1.165, 1.54) is 4.88 Å². The summed E-state index contributed by atoms with van der Waals surface area (Å²) in [6, 6.07) is 6.14. The summed E-state index contributed by atoms with van der Waals surface area (Å²) in [6.45, 7) is 4.36. The van der Waals surface area contributed by atoms with Gasteiger partial charge in [-0.05, 0) is 17.4 Å². The summed E-state index contributed by atoms with van der Waals surface area (Å²) in [5.41, 5.74) is 0. The van der Waals surface area contributed by atoms with Gasteiger partial charge in [-0.15, -0.1) is 11.3 Å². The molecule has 1 unspecified atom stereocenters. The maximum absolute atomic E-state index is 5.10. The highest BCUT2D eigenvalue weighted by Crippen LogP contribution is 2.28. The summed E-state index contributed by atoms with van der Waals surface area (Å²) in [6.07, 6.45) is 1.69. The Kier molecular flexibility index (Phi) is 4.15. The number of rotatable bonds is 5. The molecule has 0 saturated heterocycles. The van der Waals surface area contributed by atoms with Crippen molar-refractivity contribution in [3.8, 4) is 5.88 Å². The van der Waals surface area contributed by atoms with Gasteiger partial charge < -0.3 is 10.1 Å². The van der Waals surface area contributed by atoms with E-state index in [-0.39, 0.29) is 6.04 Å². The Morgan fingerprint density at radius 3 is 2.78 bits per heavy atom. The van der Waals surface area contributed by atoms with Crippen LogP contribution in [0.1, 0.15) is 24.8 Å². The average molecular weight is 263 g/mol. The average Bonchev–Trinajstić information content (AvgIpc) is 2.89. The monoisotopic (exact) mass is 263 g/mol. The molecule has 0 aliphatic rings. The van der Waals surface area contributed by atoms with Gasteiger partial charge in [0.15, 0.2) is 0 Å². The van der Waals surface area contributed by atoms with E-state index in [0.29, 0.717) is 17.7 Å². The Labute approximate surface area is 111 Å². The van der Waals surface area contributed by atoms with Gasteiger partial charge in [-0.1, -0.05) is 19.9 Å². The molecule has 1 N–H and O–H groups in total. The number of hydrogen-bond acceptors (Lipinski definition) is 5. The van der Waals surface area contributed by atoms with Crippen molar-refractivity contribution < 1.29 is 4.74 Å². The number of hydrogen-bond donors (Lipinski definition) is 1. The van der Waals surface area contributed by atoms with E-state index in [0.717, 1.165) is 0 Å². The lowest BCUT2D eigenvalue weighted by Crippen LogP contribution is -2.17. The molecular formula is C13H17N3OS. The largest absolute Gasteiger partial charge is 0.481 e. The third-order valence-electron chi connectivity index (χ3n) is 2.64. The third-order valence-corrected chi connectivity index (χ3v) is 3.60. The lowest BCUT2D eigenvalue weighted by atomic mass is 10.0. The molecule has 2 aromatic rings. The van der Waals surface area contributed by atoms with Crippen LogP contribution in [0.5, 0.6) is 5.88 Å². The molecule has 0 aliphatic heterocycles. The highest BCUT2D eigenvalue weighted by molar-refractivity contribution is 7.10. The fourth-order valence-corrected chi connectivity index (χ4v) is 2.65. The topological polar surface area (TPSA) is 47.0 Å². The first-order valence-electron chi connectivity index (χ1n) is 5.87. The van der Waals surface area contributed by atoms with Crippen LogP contribution in [0.2, 0.25) is 0 Å². The van der Waals surface area contributed by atoms with Gasteiger partial charge in [0, 0.05) is 17.1 Å². The molecule has 0 aromatic carbocycles. The maximum Gasteiger partial charge on any atom is 0.226 e. The standard InChI is InChI=1S/C13H17N3OS/c1-9(2)12(10-5-4-8-18-10)16-13-14-7-6-11(15-13)17-3/h4-9,12H,1-3H3,(H,14,15,16). The Morgan fingerprint density at radius 1 is 1.33 bits per heavy atom. The number of methoxy groups -OCH3 is 1. The number of nitrogens with zero attached hydrogens (tertiary/aromatic N) is 2. The van der Waals surface area contributed by atoms with Gasteiger partial charge in [-0.2, -0.15) is 4.98 Å². The first kappa shape index (κ1) is 12.8. The van der Waals surface area contributed by atoms with Gasteiger partial charge in [-0.3, -0.25) is 0 Å². The molecule has 0 aliphatic carbocycles. The summed E-state index contributed by atoms with van der Waals surface area (Å²) < 4.78 is 5.10. The van der Waals surface area contributed by atoms with E-state index in [4.69, 9.17) is 4.74 Å². The molecule has 0 spiro atoms. The molecule has 1 atom stereocenters. The minimum Gasteiger partial charge on any atom is -0.481 e. The quantitative estimate of drug-likeness (QED) is 0.898. The van der Waals surface area contributed by atoms with E-state index in [2.05, 4.69) is 46.6 Å². The van der Waals surface area contributed by atoms with Crippen LogP contribution in [0.3, 0.4) is 0 Å². The van der Waals surface area contributed by atoms with Crippen molar-refractivity contribution in [2.24, 2.45) is 5.92 Å². The molecule has 18 heavy (non-hydrogen) atoms. The van der Waals surface area contributed by atoms with Crippen LogP contribution in [0.4, 0.5) is 5.95 Å². The zero-order valence-corrected chi connectivity index (χ0v) is 11.6. The predicted octanol–water partition coefficient (Wildman–Crippen LogP) is 3.36. The van der Waals surface area contributed by atoms with Crippen LogP contribution in [-0.4, -0.2) is 17.1 Å². The minimum absolute atomic E-state index is 0.220. The number of ether oxygens (including phenoxy) is 1. The normalized spacial score (nSPS) is 12.4. The fraction of sp³-hybridized carbons (Fsp3) is 0.385. The van der Waals surface area contributed by atoms with Crippen molar-refractivity contribution >= 4 is 17.3 Å². The molecule has 0 bridgehead atoms. The molecule has 2 aromatic heterocycles. The molecule has 2 heterocycles. The summed E-state index contributed by atoms with van der Waals surface area (Å²) >= 11 is 1.74. The maximum atomic E-state index is 5.10. The summed E-state index contributed by atoms with van der Waals surface area (Å²) in [7, 11) is 1.60. The van der Waals surface area contributed by atoms with Gasteiger partial charge >= 0.3 is 0 Å². The van der Waals surface area contributed by atoms with Gasteiger partial charge in [-0.25, -0.2) is 4.98 Å². The van der Waals surface area contributed by atoms with E-state index in [9.17, 15) is 0 Å². The second-order valence-corrected chi connectivity index (χ2v) is 5.28. The van der Waals surface area contributed by atoms with E-state index in [1.54, 1.807) is 30.7 Å². The van der Waals surface area contributed by atoms with Crippen molar-refractivity contribution in [3.63, 3.8) is 0 Å². The first-order chi connectivity index (χ1) is 8.70. The zero-order valence-electron chi connectivity index (χ0n) is 10.8. The van der Waals surface area contributed by atoms with Gasteiger partial charge in [0.05, 0.1) is 13.2 Å². The molecule has 2 rings (SSSR count). The number of thiophene rings is 1. The second-order valence-electron chi connectivity index (χ2n) is 4.30. The van der Waals surface area contributed by atoms with Crippen LogP contribution in [-0.2, 0) is 0 Å². The van der Waals surface area contributed by atoms with Crippen LogP contribution < -0.4 is 10.1 Å². The van der Waals surface area contributed by atoms with Crippen molar-refractivity contribution in [3.05, 3.63) is 34.7 Å². The number of anilines is 1. The van der Waals surface area contributed by atoms with E-state index >= 15 is 0 Å². The predicted molar refractivity (Wildman–Crippen MR) is 74.1 cm³/mol. The Bertz CT molecular complexity index is 485. The molecule has 0 radical (unpaired) electrons. The van der Waals surface area contributed by atoms with E-state index in [1.807, 2.05) is 0 Å². The molecule has 5 heteroatoms. The van der Waals surface area contributed by atoms with Crippen molar-refractivity contribution in [2.75, 3.05) is 12.4 Å². The summed E-state index contributed by atoms with van der Waals surface area (Å²) in [4.78, 5) is 9.79. The van der Waals surface area contributed by atoms with E-state index < -0.39 is 0 Å². The summed E-state index contributed by atoms with van der Waals surface area (Å²) in [5, 5.41) is 5.45. The zero-order chi connectivity index (χ0) is 13.0. The van der Waals surface area contributed by atoms with Crippen LogP contribution in [0, 0.1) is 5.92 Å². The molecule has 96 valence electrons. The van der Waals surface area contributed by atoms with Crippen LogP contribution >= 0.6 is 11.3 Å². The van der Waals surface area contributed by atoms with Crippen molar-refractivity contribution in [1.29, 1.82) is 0 Å². The lowest BCUT2D eigenvalue weighted by molar-refractivity contribution is 0.397. The van der Waals surface area contributed by atoms with Gasteiger partial charge in [0.25, 0.3) is 0 Å². The molecular weight excluding hydrogens is 246 g/mol. The third kappa shape index (κ3) is 2.98. The van der Waals surface area contributed by atoms with Gasteiger partial charge in [0.2, 0.25) is 11.8 Å². The smallest absolute Gasteiger partial charge is 0.226 e. The highest BCUT2D eigenvalue weighted by Gasteiger charge is 2.17. The molecule has 0 fully saturated rings. The lowest BCUT2D eigenvalue weighted by Gasteiger charge is -2.21. The molecule has 0 amide bonds. The SMILES string of the molecule is COc1ccnc(NC(c2cccs2)C(C)C)n1. The Morgan fingerprint density at radius 2 is 2.17 bits per heavy atom. The van der Waals surface area contributed by atoms with Crippen molar-refractivity contribution in [2.45, 2.75) is 19.9 Å². The van der Waals surface area contributed by atoms with Crippen LogP contribution in [0.15, 0.2) is 29.8 Å². The number of nitrogens with one attached hydrogen (secondary N) is 1. The fourth-order valence-electron chi connectivity index (χ4n) is 1.70. The first-order valence-corrected chi connectivity index (χ1v) is 6.75. The van der Waals surface area contributed by atoms with Gasteiger partial charge in [0.1, 0.15) is 0 Å². The highest BCUT2D eigenvalue weighted by atomic mass is 32.1. The Hall–Kier alpha value is -1.62. The molecule has 4 nitrogen and oxygen atoms in total. The number of aromatic nitrogens is 2. The van der Waals surface area contributed by atoms with Crippen molar-refractivity contribution in [1.82, 2.24) is 9.97 Å². The second kappa shape index (κ2) is 5.82.